The van der Waals surface area contributed by atoms with Gasteiger partial charge in [0.1, 0.15) is 5.54 Å². The molecule has 1 saturated carbocycles. The Labute approximate surface area is 142 Å². The van der Waals surface area contributed by atoms with Crippen LogP contribution < -0.4 is 5.32 Å². The number of hydrogen-bond donors (Lipinski definition) is 2. The molecule has 0 saturated heterocycles. The van der Waals surface area contributed by atoms with Crippen molar-refractivity contribution in [2.24, 2.45) is 0 Å². The molecule has 1 amide bonds. The maximum absolute atomic E-state index is 12.2. The molecule has 1 fully saturated rings. The molecule has 1 aromatic heterocycles. The maximum Gasteiger partial charge on any atom is 0.329 e. The van der Waals surface area contributed by atoms with E-state index in [0.717, 1.165) is 0 Å². The highest BCUT2D eigenvalue weighted by Gasteiger charge is 2.51. The molecule has 23 heavy (non-hydrogen) atoms. The average Bonchev–Trinajstić information content (AvgIpc) is 3.15. The average molecular weight is 354 g/mol. The highest BCUT2D eigenvalue weighted by molar-refractivity contribution is 6.35. The van der Waals surface area contributed by atoms with E-state index in [0.29, 0.717) is 34.3 Å². The Hall–Kier alpha value is -2.05. The van der Waals surface area contributed by atoms with E-state index < -0.39 is 17.4 Å². The third-order valence-corrected chi connectivity index (χ3v) is 4.31. The lowest BCUT2D eigenvalue weighted by atomic mass is 10.2. The summed E-state index contributed by atoms with van der Waals surface area (Å²) in [6.07, 6.45) is 0.855. The van der Waals surface area contributed by atoms with Crippen LogP contribution in [0.5, 0.6) is 0 Å². The van der Waals surface area contributed by atoms with Crippen LogP contribution in [0.2, 0.25) is 10.0 Å². The van der Waals surface area contributed by atoms with Gasteiger partial charge in [0.25, 0.3) is 5.91 Å². The Morgan fingerprint density at radius 1 is 1.30 bits per heavy atom. The molecule has 1 heterocycles. The minimum Gasteiger partial charge on any atom is -0.480 e. The summed E-state index contributed by atoms with van der Waals surface area (Å²) in [5, 5.41) is 16.8. The van der Waals surface area contributed by atoms with Gasteiger partial charge in [0, 0.05) is 10.7 Å². The first kappa shape index (κ1) is 15.8. The van der Waals surface area contributed by atoms with E-state index in [1.807, 2.05) is 0 Å². The van der Waals surface area contributed by atoms with E-state index in [2.05, 4.69) is 10.4 Å². The van der Waals surface area contributed by atoms with Gasteiger partial charge in [-0.05, 0) is 44.0 Å². The molecule has 0 atom stereocenters. The summed E-state index contributed by atoms with van der Waals surface area (Å²) in [6.45, 7) is 1.78. The number of carboxylic acids is 1. The molecule has 1 aromatic carbocycles. The highest BCUT2D eigenvalue weighted by Crippen LogP contribution is 2.35. The molecule has 0 aliphatic heterocycles. The van der Waals surface area contributed by atoms with Crippen LogP contribution in [0.1, 0.15) is 29.0 Å². The van der Waals surface area contributed by atoms with Crippen molar-refractivity contribution in [3.05, 3.63) is 45.7 Å². The van der Waals surface area contributed by atoms with E-state index in [1.54, 1.807) is 31.2 Å². The Kier molecular flexibility index (Phi) is 3.82. The van der Waals surface area contributed by atoms with Gasteiger partial charge in [0.15, 0.2) is 5.69 Å². The number of hydrogen-bond acceptors (Lipinski definition) is 3. The third kappa shape index (κ3) is 2.92. The molecular weight excluding hydrogens is 341 g/mol. The molecule has 0 unspecified atom stereocenters. The van der Waals surface area contributed by atoms with E-state index in [-0.39, 0.29) is 5.69 Å². The number of carbonyl (C=O) groups excluding carboxylic acids is 1. The normalized spacial score (nSPS) is 15.3. The minimum atomic E-state index is -1.15. The van der Waals surface area contributed by atoms with E-state index in [4.69, 9.17) is 28.3 Å². The molecule has 120 valence electrons. The molecule has 0 radical (unpaired) electrons. The second kappa shape index (κ2) is 5.54. The first-order valence-electron chi connectivity index (χ1n) is 6.90. The van der Waals surface area contributed by atoms with Crippen molar-refractivity contribution in [1.82, 2.24) is 15.1 Å². The number of aromatic nitrogens is 2. The van der Waals surface area contributed by atoms with Crippen LogP contribution in [-0.4, -0.2) is 32.3 Å². The molecule has 3 rings (SSSR count). The van der Waals surface area contributed by atoms with Crippen molar-refractivity contribution in [2.75, 3.05) is 0 Å². The minimum absolute atomic E-state index is 0.140. The van der Waals surface area contributed by atoms with Gasteiger partial charge < -0.3 is 10.4 Å². The van der Waals surface area contributed by atoms with E-state index >= 15 is 0 Å². The fraction of sp³-hybridized carbons (Fsp3) is 0.267. The Balaban J connectivity index is 1.89. The van der Waals surface area contributed by atoms with Gasteiger partial charge in [-0.3, -0.25) is 4.79 Å². The molecule has 2 aromatic rings. The maximum atomic E-state index is 12.2. The van der Waals surface area contributed by atoms with Crippen molar-refractivity contribution >= 4 is 35.1 Å². The number of carbonyl (C=O) groups is 2. The molecule has 0 bridgehead atoms. The van der Waals surface area contributed by atoms with Crippen molar-refractivity contribution in [3.63, 3.8) is 0 Å². The standard InChI is InChI=1S/C15H13Cl2N3O3/c1-8-6-11(13(21)18-15(4-5-15)14(22)23)19-20(8)12-3-2-9(16)7-10(12)17/h2-3,6-7H,4-5H2,1H3,(H,18,21)(H,22,23). The summed E-state index contributed by atoms with van der Waals surface area (Å²) in [6, 6.07) is 6.54. The van der Waals surface area contributed by atoms with E-state index in [1.165, 1.54) is 4.68 Å². The summed E-state index contributed by atoms with van der Waals surface area (Å²) in [4.78, 5) is 23.4. The Morgan fingerprint density at radius 3 is 2.57 bits per heavy atom. The molecule has 6 nitrogen and oxygen atoms in total. The number of carboxylic acid groups (broad SMARTS) is 1. The third-order valence-electron chi connectivity index (χ3n) is 3.77. The van der Waals surface area contributed by atoms with Crippen LogP contribution in [0.3, 0.4) is 0 Å². The second-order valence-corrected chi connectivity index (χ2v) is 6.36. The SMILES string of the molecule is Cc1cc(C(=O)NC2(C(=O)O)CC2)nn1-c1ccc(Cl)cc1Cl. The smallest absolute Gasteiger partial charge is 0.329 e. The number of nitrogens with zero attached hydrogens (tertiary/aromatic N) is 2. The van der Waals surface area contributed by atoms with Gasteiger partial charge in [-0.2, -0.15) is 5.10 Å². The lowest BCUT2D eigenvalue weighted by Crippen LogP contribution is -2.43. The van der Waals surface area contributed by atoms with Crippen molar-refractivity contribution in [3.8, 4) is 5.69 Å². The number of nitrogens with one attached hydrogen (secondary N) is 1. The molecule has 8 heteroatoms. The van der Waals surface area contributed by atoms with Crippen molar-refractivity contribution < 1.29 is 14.7 Å². The predicted octanol–water partition coefficient (Wildman–Crippen LogP) is 2.83. The lowest BCUT2D eigenvalue weighted by Gasteiger charge is -2.10. The number of benzene rings is 1. The van der Waals surface area contributed by atoms with Crippen LogP contribution in [0.15, 0.2) is 24.3 Å². The van der Waals surface area contributed by atoms with Crippen molar-refractivity contribution in [2.45, 2.75) is 25.3 Å². The number of aliphatic carboxylic acids is 1. The zero-order valence-electron chi connectivity index (χ0n) is 12.1. The monoisotopic (exact) mass is 353 g/mol. The largest absolute Gasteiger partial charge is 0.480 e. The zero-order chi connectivity index (χ0) is 16.8. The number of rotatable bonds is 4. The zero-order valence-corrected chi connectivity index (χ0v) is 13.6. The summed E-state index contributed by atoms with van der Waals surface area (Å²) >= 11 is 12.0. The fourth-order valence-corrected chi connectivity index (χ4v) is 2.77. The summed E-state index contributed by atoms with van der Waals surface area (Å²) in [5.74, 6) is -1.54. The summed E-state index contributed by atoms with van der Waals surface area (Å²) in [5.41, 5.74) is 0.278. The molecule has 1 aliphatic carbocycles. The van der Waals surface area contributed by atoms with Gasteiger partial charge in [-0.1, -0.05) is 23.2 Å². The Morgan fingerprint density at radius 2 is 2.00 bits per heavy atom. The van der Waals surface area contributed by atoms with Crippen LogP contribution >= 0.6 is 23.2 Å². The number of halogens is 2. The fourth-order valence-electron chi connectivity index (χ4n) is 2.28. The van der Waals surface area contributed by atoms with Crippen LogP contribution in [0, 0.1) is 6.92 Å². The van der Waals surface area contributed by atoms with Gasteiger partial charge in [0.2, 0.25) is 0 Å². The molecule has 2 N–H and O–H groups in total. The van der Waals surface area contributed by atoms with E-state index in [9.17, 15) is 9.59 Å². The van der Waals surface area contributed by atoms with Gasteiger partial charge in [-0.25, -0.2) is 9.48 Å². The van der Waals surface area contributed by atoms with Crippen LogP contribution in [0.25, 0.3) is 5.69 Å². The topological polar surface area (TPSA) is 84.2 Å². The molecule has 1 aliphatic rings. The second-order valence-electron chi connectivity index (χ2n) is 5.52. The lowest BCUT2D eigenvalue weighted by molar-refractivity contribution is -0.140. The van der Waals surface area contributed by atoms with Crippen molar-refractivity contribution in [1.29, 1.82) is 0 Å². The predicted molar refractivity (Wildman–Crippen MR) is 85.4 cm³/mol. The van der Waals surface area contributed by atoms with Gasteiger partial charge >= 0.3 is 5.97 Å². The molecule has 0 spiro atoms. The number of amides is 1. The van der Waals surface area contributed by atoms with Crippen LogP contribution in [0.4, 0.5) is 0 Å². The van der Waals surface area contributed by atoms with Gasteiger partial charge in [0.05, 0.1) is 10.7 Å². The summed E-state index contributed by atoms with van der Waals surface area (Å²) < 4.78 is 1.52. The van der Waals surface area contributed by atoms with Gasteiger partial charge in [-0.15, -0.1) is 0 Å². The quantitative estimate of drug-likeness (QED) is 0.884. The highest BCUT2D eigenvalue weighted by atomic mass is 35.5. The first-order valence-corrected chi connectivity index (χ1v) is 7.66. The van der Waals surface area contributed by atoms with Crippen LogP contribution in [-0.2, 0) is 4.79 Å². The summed E-state index contributed by atoms with van der Waals surface area (Å²) in [7, 11) is 0. The molecular formula is C15H13Cl2N3O3. The first-order chi connectivity index (χ1) is 10.8. The Bertz CT molecular complexity index is 812. The number of aryl methyl sites for hydroxylation is 1.